The van der Waals surface area contributed by atoms with Gasteiger partial charge in [0.15, 0.2) is 9.84 Å². The first kappa shape index (κ1) is 16.0. The molecule has 0 saturated carbocycles. The highest BCUT2D eigenvalue weighted by molar-refractivity contribution is 7.90. The van der Waals surface area contributed by atoms with Crippen molar-refractivity contribution >= 4 is 53.7 Å². The van der Waals surface area contributed by atoms with E-state index in [2.05, 4.69) is 15.3 Å². The zero-order valence-electron chi connectivity index (χ0n) is 13.6. The molecule has 126 valence electrons. The summed E-state index contributed by atoms with van der Waals surface area (Å²) in [6.45, 7) is 2.02. The van der Waals surface area contributed by atoms with Gasteiger partial charge in [0.25, 0.3) is 0 Å². The fourth-order valence-corrected chi connectivity index (χ4v) is 4.20. The van der Waals surface area contributed by atoms with Gasteiger partial charge in [-0.05, 0) is 48.9 Å². The van der Waals surface area contributed by atoms with Gasteiger partial charge in [-0.2, -0.15) is 0 Å². The number of rotatable bonds is 3. The van der Waals surface area contributed by atoms with Crippen molar-refractivity contribution in [3.8, 4) is 0 Å². The van der Waals surface area contributed by atoms with Crippen LogP contribution < -0.4 is 5.32 Å². The van der Waals surface area contributed by atoms with E-state index in [1.54, 1.807) is 35.7 Å². The van der Waals surface area contributed by atoms with Gasteiger partial charge in [-0.1, -0.05) is 0 Å². The Morgan fingerprint density at radius 1 is 1.04 bits per heavy atom. The number of benzene rings is 2. The quantitative estimate of drug-likeness (QED) is 0.583. The van der Waals surface area contributed by atoms with Crippen molar-refractivity contribution < 1.29 is 8.42 Å². The number of thiazole rings is 1. The van der Waals surface area contributed by atoms with Gasteiger partial charge in [0.05, 0.1) is 26.1 Å². The third-order valence-electron chi connectivity index (χ3n) is 4.17. The highest BCUT2D eigenvalue weighted by Crippen LogP contribution is 2.32. The van der Waals surface area contributed by atoms with Crippen LogP contribution in [0.2, 0.25) is 0 Å². The summed E-state index contributed by atoms with van der Waals surface area (Å²) in [5, 5.41) is 4.17. The van der Waals surface area contributed by atoms with Crippen molar-refractivity contribution in [2.75, 3.05) is 11.6 Å². The zero-order chi connectivity index (χ0) is 17.6. The van der Waals surface area contributed by atoms with Gasteiger partial charge in [0.2, 0.25) is 0 Å². The van der Waals surface area contributed by atoms with Gasteiger partial charge in [0.1, 0.15) is 0 Å². The van der Waals surface area contributed by atoms with Crippen molar-refractivity contribution in [2.24, 2.45) is 0 Å². The van der Waals surface area contributed by atoms with E-state index in [0.29, 0.717) is 0 Å². The first-order chi connectivity index (χ1) is 11.9. The van der Waals surface area contributed by atoms with Crippen molar-refractivity contribution in [3.63, 3.8) is 0 Å². The molecule has 0 radical (unpaired) electrons. The summed E-state index contributed by atoms with van der Waals surface area (Å²) in [6.07, 6.45) is 2.92. The molecule has 4 rings (SSSR count). The second-order valence-electron chi connectivity index (χ2n) is 5.87. The number of fused-ring (bicyclic) bond motifs is 2. The minimum atomic E-state index is -3.28. The van der Waals surface area contributed by atoms with E-state index in [4.69, 9.17) is 0 Å². The number of aryl methyl sites for hydroxylation is 1. The minimum absolute atomic E-state index is 0.280. The van der Waals surface area contributed by atoms with Crippen molar-refractivity contribution in [3.05, 3.63) is 53.7 Å². The summed E-state index contributed by atoms with van der Waals surface area (Å²) in [6, 6.07) is 10.9. The third-order valence-corrected chi connectivity index (χ3v) is 6.07. The lowest BCUT2D eigenvalue weighted by Crippen LogP contribution is -1.99. The minimum Gasteiger partial charge on any atom is -0.355 e. The van der Waals surface area contributed by atoms with Gasteiger partial charge in [-0.3, -0.25) is 4.98 Å². The number of aromatic nitrogens is 2. The Labute approximate surface area is 149 Å². The molecule has 2 heterocycles. The van der Waals surface area contributed by atoms with Crippen LogP contribution in [0.3, 0.4) is 0 Å². The standard InChI is InChI=1S/C18H15N3O2S2/c1-11-14(5-6-17-18(11)20-10-24-17)21-16-7-8-19-15-4-3-12(9-13(15)16)25(2,22)23/h3-10H,1-2H3,(H,19,21). The van der Waals surface area contributed by atoms with Crippen LogP contribution in [0.25, 0.3) is 21.1 Å². The van der Waals surface area contributed by atoms with E-state index in [1.165, 1.54) is 6.26 Å². The lowest BCUT2D eigenvalue weighted by molar-refractivity contribution is 0.602. The first-order valence-electron chi connectivity index (χ1n) is 7.62. The second-order valence-corrected chi connectivity index (χ2v) is 8.77. The van der Waals surface area contributed by atoms with Gasteiger partial charge in [-0.15, -0.1) is 11.3 Å². The van der Waals surface area contributed by atoms with Crippen LogP contribution in [0.4, 0.5) is 11.4 Å². The van der Waals surface area contributed by atoms with Crippen molar-refractivity contribution in [2.45, 2.75) is 11.8 Å². The average Bonchev–Trinajstić information content (AvgIpc) is 3.06. The Morgan fingerprint density at radius 3 is 2.68 bits per heavy atom. The molecule has 2 aromatic heterocycles. The lowest BCUT2D eigenvalue weighted by Gasteiger charge is -2.13. The number of sulfone groups is 1. The molecule has 0 spiro atoms. The number of hydrogen-bond acceptors (Lipinski definition) is 6. The molecule has 0 saturated heterocycles. The van der Waals surface area contributed by atoms with Crippen LogP contribution in [0.1, 0.15) is 5.56 Å². The van der Waals surface area contributed by atoms with E-state index in [1.807, 2.05) is 30.6 Å². The molecule has 0 atom stereocenters. The van der Waals surface area contributed by atoms with Crippen LogP contribution in [0.15, 0.2) is 53.0 Å². The summed E-state index contributed by atoms with van der Waals surface area (Å²) >= 11 is 1.61. The fraction of sp³-hybridized carbons (Fsp3) is 0.111. The Bertz CT molecular complexity index is 1210. The largest absolute Gasteiger partial charge is 0.355 e. The van der Waals surface area contributed by atoms with Crippen LogP contribution in [0.5, 0.6) is 0 Å². The van der Waals surface area contributed by atoms with Crippen molar-refractivity contribution in [1.82, 2.24) is 9.97 Å². The zero-order valence-corrected chi connectivity index (χ0v) is 15.3. The molecule has 0 aliphatic carbocycles. The summed E-state index contributed by atoms with van der Waals surface area (Å²) in [4.78, 5) is 9.02. The van der Waals surface area contributed by atoms with Gasteiger partial charge >= 0.3 is 0 Å². The molecule has 0 bridgehead atoms. The molecule has 1 N–H and O–H groups in total. The maximum absolute atomic E-state index is 11.9. The average molecular weight is 369 g/mol. The second kappa shape index (κ2) is 5.79. The SMILES string of the molecule is Cc1c(Nc2ccnc3ccc(S(C)(=O)=O)cc23)ccc2scnc12. The molecule has 0 aliphatic rings. The highest BCUT2D eigenvalue weighted by Gasteiger charge is 2.12. The summed E-state index contributed by atoms with van der Waals surface area (Å²) in [7, 11) is -3.28. The third kappa shape index (κ3) is 2.85. The Kier molecular flexibility index (Phi) is 3.70. The fourth-order valence-electron chi connectivity index (χ4n) is 2.81. The van der Waals surface area contributed by atoms with E-state index in [0.717, 1.165) is 38.1 Å². The molecule has 2 aromatic carbocycles. The normalized spacial score (nSPS) is 11.9. The van der Waals surface area contributed by atoms with Crippen LogP contribution in [-0.2, 0) is 9.84 Å². The van der Waals surface area contributed by atoms with Gasteiger partial charge < -0.3 is 5.32 Å². The Morgan fingerprint density at radius 2 is 1.88 bits per heavy atom. The van der Waals surface area contributed by atoms with E-state index < -0.39 is 9.84 Å². The molecular weight excluding hydrogens is 354 g/mol. The molecule has 5 nitrogen and oxygen atoms in total. The summed E-state index contributed by atoms with van der Waals surface area (Å²) < 4.78 is 24.9. The molecule has 7 heteroatoms. The monoisotopic (exact) mass is 369 g/mol. The number of pyridine rings is 1. The molecule has 25 heavy (non-hydrogen) atoms. The maximum Gasteiger partial charge on any atom is 0.175 e. The van der Waals surface area contributed by atoms with E-state index in [-0.39, 0.29) is 4.90 Å². The molecule has 0 amide bonds. The smallest absolute Gasteiger partial charge is 0.175 e. The predicted molar refractivity (Wildman–Crippen MR) is 102 cm³/mol. The summed E-state index contributed by atoms with van der Waals surface area (Å²) in [5.74, 6) is 0. The Hall–Kier alpha value is -2.51. The predicted octanol–water partition coefficient (Wildman–Crippen LogP) is 4.30. The summed E-state index contributed by atoms with van der Waals surface area (Å²) in [5.41, 5.74) is 6.36. The maximum atomic E-state index is 11.9. The highest BCUT2D eigenvalue weighted by atomic mass is 32.2. The van der Waals surface area contributed by atoms with Crippen LogP contribution in [0, 0.1) is 6.92 Å². The number of nitrogens with one attached hydrogen (secondary N) is 1. The molecule has 0 aliphatic heterocycles. The van der Waals surface area contributed by atoms with Crippen LogP contribution in [-0.4, -0.2) is 24.6 Å². The van der Waals surface area contributed by atoms with Crippen LogP contribution >= 0.6 is 11.3 Å². The molecule has 0 unspecified atom stereocenters. The molecule has 4 aromatic rings. The topological polar surface area (TPSA) is 72.0 Å². The molecule has 0 fully saturated rings. The molecular formula is C18H15N3O2S2. The number of nitrogens with zero attached hydrogens (tertiary/aromatic N) is 2. The lowest BCUT2D eigenvalue weighted by atomic mass is 10.1. The van der Waals surface area contributed by atoms with E-state index in [9.17, 15) is 8.42 Å². The Balaban J connectivity index is 1.86. The van der Waals surface area contributed by atoms with Gasteiger partial charge in [0, 0.05) is 29.2 Å². The van der Waals surface area contributed by atoms with Gasteiger partial charge in [-0.25, -0.2) is 13.4 Å². The number of hydrogen-bond donors (Lipinski definition) is 1. The van der Waals surface area contributed by atoms with E-state index >= 15 is 0 Å². The first-order valence-corrected chi connectivity index (χ1v) is 10.4. The number of anilines is 2. The van der Waals surface area contributed by atoms with Crippen molar-refractivity contribution in [1.29, 1.82) is 0 Å².